The minimum atomic E-state index is -0.223. The molecule has 25 heavy (non-hydrogen) atoms. The third-order valence-electron chi connectivity index (χ3n) is 3.98. The van der Waals surface area contributed by atoms with Gasteiger partial charge in [0.2, 0.25) is 0 Å². The highest BCUT2D eigenvalue weighted by molar-refractivity contribution is 5.48. The molecule has 0 amide bonds. The van der Waals surface area contributed by atoms with Crippen LogP contribution in [0, 0.1) is 19.7 Å². The number of halogens is 1. The molecule has 0 saturated carbocycles. The normalized spacial score (nSPS) is 10.5. The molecular formula is C20H21FN4. The van der Waals surface area contributed by atoms with Crippen LogP contribution in [0.1, 0.15) is 22.5 Å². The monoisotopic (exact) mass is 336 g/mol. The Morgan fingerprint density at radius 1 is 0.800 bits per heavy atom. The number of benzene rings is 2. The summed E-state index contributed by atoms with van der Waals surface area (Å²) in [6.45, 7) is 4.99. The van der Waals surface area contributed by atoms with E-state index >= 15 is 0 Å². The van der Waals surface area contributed by atoms with Crippen LogP contribution in [0.2, 0.25) is 0 Å². The molecule has 1 heterocycles. The van der Waals surface area contributed by atoms with Gasteiger partial charge in [-0.2, -0.15) is 0 Å². The second kappa shape index (κ2) is 7.75. The Kier molecular flexibility index (Phi) is 5.23. The van der Waals surface area contributed by atoms with Gasteiger partial charge in [-0.05, 0) is 31.0 Å². The van der Waals surface area contributed by atoms with Crippen molar-refractivity contribution in [2.24, 2.45) is 0 Å². The minimum Gasteiger partial charge on any atom is -0.366 e. The molecule has 1 aromatic heterocycles. The number of nitrogens with zero attached hydrogens (tertiary/aromatic N) is 2. The molecule has 0 atom stereocenters. The Morgan fingerprint density at radius 3 is 2.00 bits per heavy atom. The lowest BCUT2D eigenvalue weighted by Gasteiger charge is -2.11. The van der Waals surface area contributed by atoms with Crippen LogP contribution in [-0.4, -0.2) is 9.97 Å². The molecule has 5 heteroatoms. The standard InChI is InChI=1S/C20H21FN4/c1-14-7-3-4-8-16(14)12-22-19-11-20(25-15(2)24-19)23-13-17-9-5-6-10-18(17)21/h3-11H,12-13H2,1-2H3,(H2,22,23,24,25). The van der Waals surface area contributed by atoms with E-state index in [1.165, 1.54) is 17.2 Å². The molecular weight excluding hydrogens is 315 g/mol. The lowest BCUT2D eigenvalue weighted by atomic mass is 10.1. The van der Waals surface area contributed by atoms with Gasteiger partial charge in [0.05, 0.1) is 0 Å². The maximum Gasteiger partial charge on any atom is 0.132 e. The fourth-order valence-electron chi connectivity index (χ4n) is 2.57. The van der Waals surface area contributed by atoms with Crippen molar-refractivity contribution >= 4 is 11.6 Å². The Bertz CT molecular complexity index is 796. The summed E-state index contributed by atoms with van der Waals surface area (Å²) >= 11 is 0. The summed E-state index contributed by atoms with van der Waals surface area (Å²) in [5, 5.41) is 6.49. The SMILES string of the molecule is Cc1nc(NCc2ccccc2C)cc(NCc2ccccc2F)n1. The number of aryl methyl sites for hydroxylation is 2. The first-order valence-corrected chi connectivity index (χ1v) is 8.23. The first-order chi connectivity index (χ1) is 12.1. The highest BCUT2D eigenvalue weighted by Crippen LogP contribution is 2.15. The highest BCUT2D eigenvalue weighted by atomic mass is 19.1. The molecule has 128 valence electrons. The van der Waals surface area contributed by atoms with Crippen LogP contribution in [0.25, 0.3) is 0 Å². The summed E-state index contributed by atoms with van der Waals surface area (Å²) in [6.07, 6.45) is 0. The first-order valence-electron chi connectivity index (χ1n) is 8.23. The van der Waals surface area contributed by atoms with Gasteiger partial charge in [-0.25, -0.2) is 14.4 Å². The van der Waals surface area contributed by atoms with Crippen molar-refractivity contribution in [3.63, 3.8) is 0 Å². The van der Waals surface area contributed by atoms with Gasteiger partial charge >= 0.3 is 0 Å². The van der Waals surface area contributed by atoms with Crippen molar-refractivity contribution in [3.8, 4) is 0 Å². The van der Waals surface area contributed by atoms with E-state index in [1.807, 2.05) is 31.2 Å². The van der Waals surface area contributed by atoms with Crippen LogP contribution in [-0.2, 0) is 13.1 Å². The van der Waals surface area contributed by atoms with Crippen molar-refractivity contribution in [1.29, 1.82) is 0 Å². The Labute approximate surface area is 147 Å². The maximum atomic E-state index is 13.7. The third kappa shape index (κ3) is 4.53. The van der Waals surface area contributed by atoms with Crippen LogP contribution in [0.15, 0.2) is 54.6 Å². The average Bonchev–Trinajstić information content (AvgIpc) is 2.60. The molecule has 2 aromatic carbocycles. The van der Waals surface area contributed by atoms with Gasteiger partial charge in [-0.3, -0.25) is 0 Å². The predicted octanol–water partition coefficient (Wildman–Crippen LogP) is 4.46. The van der Waals surface area contributed by atoms with Crippen LogP contribution < -0.4 is 10.6 Å². The van der Waals surface area contributed by atoms with E-state index in [4.69, 9.17) is 0 Å². The molecule has 3 aromatic rings. The lowest BCUT2D eigenvalue weighted by molar-refractivity contribution is 0.613. The van der Waals surface area contributed by atoms with Crippen LogP contribution >= 0.6 is 0 Å². The molecule has 3 rings (SSSR count). The van der Waals surface area contributed by atoms with Crippen LogP contribution in [0.5, 0.6) is 0 Å². The molecule has 2 N–H and O–H groups in total. The first kappa shape index (κ1) is 16.9. The van der Waals surface area contributed by atoms with Gasteiger partial charge < -0.3 is 10.6 Å². The number of hydrogen-bond acceptors (Lipinski definition) is 4. The summed E-state index contributed by atoms with van der Waals surface area (Å²) in [5.74, 6) is 1.85. The molecule has 0 unspecified atom stereocenters. The third-order valence-corrected chi connectivity index (χ3v) is 3.98. The van der Waals surface area contributed by atoms with Gasteiger partial charge in [-0.1, -0.05) is 42.5 Å². The second-order valence-electron chi connectivity index (χ2n) is 5.91. The molecule has 4 nitrogen and oxygen atoms in total. The van der Waals surface area contributed by atoms with Gasteiger partial charge in [0.1, 0.15) is 23.3 Å². The molecule has 0 radical (unpaired) electrons. The van der Waals surface area contributed by atoms with Crippen LogP contribution in [0.4, 0.5) is 16.0 Å². The maximum absolute atomic E-state index is 13.7. The zero-order chi connectivity index (χ0) is 17.6. The van der Waals surface area contributed by atoms with Crippen molar-refractivity contribution in [3.05, 3.63) is 82.9 Å². The van der Waals surface area contributed by atoms with Gasteiger partial charge in [0.25, 0.3) is 0 Å². The van der Waals surface area contributed by atoms with E-state index in [1.54, 1.807) is 12.1 Å². The molecule has 0 saturated heterocycles. The van der Waals surface area contributed by atoms with Crippen molar-refractivity contribution in [2.75, 3.05) is 10.6 Å². The molecule has 0 aliphatic rings. The smallest absolute Gasteiger partial charge is 0.132 e. The molecule has 0 fully saturated rings. The van der Waals surface area contributed by atoms with Gasteiger partial charge in [0.15, 0.2) is 0 Å². The van der Waals surface area contributed by atoms with Crippen molar-refractivity contribution in [2.45, 2.75) is 26.9 Å². The lowest BCUT2D eigenvalue weighted by Crippen LogP contribution is -2.08. The summed E-state index contributed by atoms with van der Waals surface area (Å²) in [4.78, 5) is 8.78. The van der Waals surface area contributed by atoms with E-state index in [0.29, 0.717) is 30.3 Å². The predicted molar refractivity (Wildman–Crippen MR) is 99.0 cm³/mol. The molecule has 0 aliphatic carbocycles. The number of aromatic nitrogens is 2. The van der Waals surface area contributed by atoms with Crippen LogP contribution in [0.3, 0.4) is 0 Å². The largest absolute Gasteiger partial charge is 0.366 e. The number of nitrogens with one attached hydrogen (secondary N) is 2. The van der Waals surface area contributed by atoms with E-state index < -0.39 is 0 Å². The number of rotatable bonds is 6. The van der Waals surface area contributed by atoms with Crippen molar-refractivity contribution < 1.29 is 4.39 Å². The second-order valence-corrected chi connectivity index (χ2v) is 5.91. The van der Waals surface area contributed by atoms with E-state index in [0.717, 1.165) is 5.82 Å². The summed E-state index contributed by atoms with van der Waals surface area (Å²) in [7, 11) is 0. The fourth-order valence-corrected chi connectivity index (χ4v) is 2.57. The highest BCUT2D eigenvalue weighted by Gasteiger charge is 2.05. The number of anilines is 2. The summed E-state index contributed by atoms with van der Waals surface area (Å²) < 4.78 is 13.7. The Balaban J connectivity index is 1.68. The Morgan fingerprint density at radius 2 is 1.36 bits per heavy atom. The summed E-state index contributed by atoms with van der Waals surface area (Å²) in [5.41, 5.74) is 3.06. The molecule has 0 spiro atoms. The molecule has 0 bridgehead atoms. The summed E-state index contributed by atoms with van der Waals surface area (Å²) in [6, 6.07) is 16.8. The zero-order valence-corrected chi connectivity index (χ0v) is 14.4. The Hall–Kier alpha value is -2.95. The van der Waals surface area contributed by atoms with Gasteiger partial charge in [0, 0.05) is 24.7 Å². The van der Waals surface area contributed by atoms with E-state index in [-0.39, 0.29) is 5.82 Å². The van der Waals surface area contributed by atoms with E-state index in [2.05, 4.69) is 39.7 Å². The quantitative estimate of drug-likeness (QED) is 0.698. The average molecular weight is 336 g/mol. The van der Waals surface area contributed by atoms with Crippen molar-refractivity contribution in [1.82, 2.24) is 9.97 Å². The van der Waals surface area contributed by atoms with Gasteiger partial charge in [-0.15, -0.1) is 0 Å². The molecule has 0 aliphatic heterocycles. The van der Waals surface area contributed by atoms with E-state index in [9.17, 15) is 4.39 Å². The topological polar surface area (TPSA) is 49.8 Å². The number of hydrogen-bond donors (Lipinski definition) is 2. The zero-order valence-electron chi connectivity index (χ0n) is 14.4. The minimum absolute atomic E-state index is 0.223. The fraction of sp³-hybridized carbons (Fsp3) is 0.200.